The van der Waals surface area contributed by atoms with Crippen LogP contribution in [0.2, 0.25) is 0 Å². The Bertz CT molecular complexity index is 220. The Balaban J connectivity index is 4.36. The molecule has 1 nitrogen and oxygen atoms in total. The molecule has 12 heavy (non-hydrogen) atoms. The molecule has 0 aromatic carbocycles. The third kappa shape index (κ3) is 6.17. The Morgan fingerprint density at radius 2 is 1.92 bits per heavy atom. The van der Waals surface area contributed by atoms with Gasteiger partial charge >= 0.3 is 0 Å². The van der Waals surface area contributed by atoms with Gasteiger partial charge in [0.15, 0.2) is 0 Å². The van der Waals surface area contributed by atoms with E-state index in [1.807, 2.05) is 26.8 Å². The zero-order valence-corrected chi connectivity index (χ0v) is 8.94. The van der Waals surface area contributed by atoms with Crippen LogP contribution in [-0.2, 0) is 0 Å². The number of halogens is 1. The zero-order valence-electron chi connectivity index (χ0n) is 8.19. The lowest BCUT2D eigenvalue weighted by atomic mass is 10.3. The van der Waals surface area contributed by atoms with Gasteiger partial charge in [0, 0.05) is 16.4 Å². The fourth-order valence-electron chi connectivity index (χ4n) is 0.939. The maximum absolute atomic E-state index is 5.69. The Morgan fingerprint density at radius 1 is 1.33 bits per heavy atom. The summed E-state index contributed by atoms with van der Waals surface area (Å²) in [6.45, 7) is 7.87. The summed E-state index contributed by atoms with van der Waals surface area (Å²) >= 11 is 5.69. The number of hydrogen-bond donors (Lipinski definition) is 0. The highest BCUT2D eigenvalue weighted by Crippen LogP contribution is 2.02. The predicted molar refractivity (Wildman–Crippen MR) is 56.8 cm³/mol. The fourth-order valence-corrected chi connectivity index (χ4v) is 1.10. The van der Waals surface area contributed by atoms with Crippen molar-refractivity contribution in [2.75, 3.05) is 0 Å². The van der Waals surface area contributed by atoms with Gasteiger partial charge in [0.1, 0.15) is 0 Å². The standard InChI is InChI=1S/C10H16ClN/c1-5-6-9(3)12-10(4)7-8(2)11/h6-7H,5H2,1-4H3/b8-7+,9-6+,12-10+. The Hall–Kier alpha value is -0.560. The van der Waals surface area contributed by atoms with E-state index < -0.39 is 0 Å². The maximum Gasteiger partial charge on any atom is 0.0387 e. The average molecular weight is 186 g/mol. The minimum absolute atomic E-state index is 0.764. The predicted octanol–water partition coefficient (Wildman–Crippen LogP) is 3.90. The molecule has 0 radical (unpaired) electrons. The third-order valence-corrected chi connectivity index (χ3v) is 1.37. The second kappa shape index (κ2) is 6.01. The van der Waals surface area contributed by atoms with Crippen LogP contribution >= 0.6 is 11.6 Å². The first-order valence-electron chi connectivity index (χ1n) is 4.12. The molecule has 0 aromatic heterocycles. The number of hydrogen-bond acceptors (Lipinski definition) is 1. The van der Waals surface area contributed by atoms with Crippen molar-refractivity contribution in [3.05, 3.63) is 22.9 Å². The molecule has 0 saturated heterocycles. The first-order valence-corrected chi connectivity index (χ1v) is 4.50. The summed E-state index contributed by atoms with van der Waals surface area (Å²) in [5.41, 5.74) is 1.99. The maximum atomic E-state index is 5.69. The van der Waals surface area contributed by atoms with Crippen molar-refractivity contribution in [3.8, 4) is 0 Å². The van der Waals surface area contributed by atoms with Gasteiger partial charge in [-0.1, -0.05) is 24.6 Å². The smallest absolute Gasteiger partial charge is 0.0387 e. The van der Waals surface area contributed by atoms with Crippen LogP contribution in [0, 0.1) is 0 Å². The molecule has 0 unspecified atom stereocenters. The van der Waals surface area contributed by atoms with Crippen LogP contribution in [0.15, 0.2) is 27.9 Å². The zero-order chi connectivity index (χ0) is 9.56. The number of aliphatic imine (C=N–C) groups is 1. The quantitative estimate of drug-likeness (QED) is 0.592. The molecule has 0 bridgehead atoms. The van der Waals surface area contributed by atoms with E-state index in [1.165, 1.54) is 0 Å². The van der Waals surface area contributed by atoms with Crippen LogP contribution in [0.25, 0.3) is 0 Å². The van der Waals surface area contributed by atoms with Gasteiger partial charge in [-0.2, -0.15) is 0 Å². The molecule has 0 spiro atoms. The first-order chi connectivity index (χ1) is 5.56. The molecule has 2 heteroatoms. The first kappa shape index (κ1) is 11.4. The lowest BCUT2D eigenvalue weighted by molar-refractivity contribution is 1.15. The molecule has 68 valence electrons. The van der Waals surface area contributed by atoms with E-state index >= 15 is 0 Å². The van der Waals surface area contributed by atoms with E-state index in [2.05, 4.69) is 18.0 Å². The van der Waals surface area contributed by atoms with E-state index in [4.69, 9.17) is 11.6 Å². The Kier molecular flexibility index (Phi) is 5.73. The van der Waals surface area contributed by atoms with Gasteiger partial charge in [-0.25, -0.2) is 0 Å². The summed E-state index contributed by atoms with van der Waals surface area (Å²) in [7, 11) is 0. The molecule has 0 N–H and O–H groups in total. The summed E-state index contributed by atoms with van der Waals surface area (Å²) in [5.74, 6) is 0. The van der Waals surface area contributed by atoms with Crippen LogP contribution in [0.4, 0.5) is 0 Å². The number of allylic oxidation sites excluding steroid dienone is 4. The number of rotatable bonds is 3. The highest BCUT2D eigenvalue weighted by molar-refractivity contribution is 6.30. The van der Waals surface area contributed by atoms with E-state index in [0.29, 0.717) is 0 Å². The summed E-state index contributed by atoms with van der Waals surface area (Å²) in [5, 5.41) is 0.764. The van der Waals surface area contributed by atoms with Crippen molar-refractivity contribution < 1.29 is 0 Å². The largest absolute Gasteiger partial charge is 0.259 e. The molecule has 0 saturated carbocycles. The van der Waals surface area contributed by atoms with Gasteiger partial charge in [0.25, 0.3) is 0 Å². The Morgan fingerprint density at radius 3 is 2.33 bits per heavy atom. The lowest BCUT2D eigenvalue weighted by Gasteiger charge is -1.94. The van der Waals surface area contributed by atoms with Crippen LogP contribution in [0.5, 0.6) is 0 Å². The van der Waals surface area contributed by atoms with Gasteiger partial charge in [-0.15, -0.1) is 0 Å². The molecule has 0 aliphatic rings. The minimum atomic E-state index is 0.764. The van der Waals surface area contributed by atoms with Gasteiger partial charge in [0.05, 0.1) is 0 Å². The monoisotopic (exact) mass is 185 g/mol. The van der Waals surface area contributed by atoms with E-state index in [-0.39, 0.29) is 0 Å². The summed E-state index contributed by atoms with van der Waals surface area (Å²) in [6.07, 6.45) is 4.96. The van der Waals surface area contributed by atoms with E-state index in [1.54, 1.807) is 0 Å². The number of nitrogens with zero attached hydrogens (tertiary/aromatic N) is 1. The van der Waals surface area contributed by atoms with Gasteiger partial charge < -0.3 is 0 Å². The highest BCUT2D eigenvalue weighted by Gasteiger charge is 1.87. The third-order valence-electron chi connectivity index (χ3n) is 1.26. The van der Waals surface area contributed by atoms with Crippen molar-refractivity contribution in [3.63, 3.8) is 0 Å². The summed E-state index contributed by atoms with van der Waals surface area (Å²) in [4.78, 5) is 4.32. The SMILES string of the molecule is CC/C=C(C)/N=C(C)/C=C(\C)Cl. The second-order valence-electron chi connectivity index (χ2n) is 2.74. The van der Waals surface area contributed by atoms with Crippen molar-refractivity contribution >= 4 is 17.3 Å². The van der Waals surface area contributed by atoms with Gasteiger partial charge in [0.2, 0.25) is 0 Å². The molecule has 0 heterocycles. The molecule has 0 aromatic rings. The molecular formula is C10H16ClN. The van der Waals surface area contributed by atoms with Gasteiger partial charge in [-0.3, -0.25) is 4.99 Å². The summed E-state index contributed by atoms with van der Waals surface area (Å²) < 4.78 is 0. The lowest BCUT2D eigenvalue weighted by Crippen LogP contribution is -1.85. The molecule has 0 aliphatic heterocycles. The van der Waals surface area contributed by atoms with Crippen LogP contribution in [0.3, 0.4) is 0 Å². The molecule has 0 atom stereocenters. The van der Waals surface area contributed by atoms with Crippen LogP contribution < -0.4 is 0 Å². The normalized spacial score (nSPS) is 15.2. The molecular weight excluding hydrogens is 170 g/mol. The molecule has 0 fully saturated rings. The van der Waals surface area contributed by atoms with Crippen molar-refractivity contribution in [1.29, 1.82) is 0 Å². The van der Waals surface area contributed by atoms with Crippen LogP contribution in [0.1, 0.15) is 34.1 Å². The van der Waals surface area contributed by atoms with E-state index in [9.17, 15) is 0 Å². The molecule has 0 rings (SSSR count). The molecule has 0 aliphatic carbocycles. The van der Waals surface area contributed by atoms with Crippen molar-refractivity contribution in [2.24, 2.45) is 4.99 Å². The van der Waals surface area contributed by atoms with Crippen LogP contribution in [-0.4, -0.2) is 5.71 Å². The average Bonchev–Trinajstić information content (AvgIpc) is 1.84. The van der Waals surface area contributed by atoms with Crippen molar-refractivity contribution in [2.45, 2.75) is 34.1 Å². The molecule has 0 amide bonds. The topological polar surface area (TPSA) is 12.4 Å². The fraction of sp³-hybridized carbons (Fsp3) is 0.500. The van der Waals surface area contributed by atoms with E-state index in [0.717, 1.165) is 22.9 Å². The minimum Gasteiger partial charge on any atom is -0.259 e. The van der Waals surface area contributed by atoms with Gasteiger partial charge in [-0.05, 0) is 33.3 Å². The summed E-state index contributed by atoms with van der Waals surface area (Å²) in [6, 6.07) is 0. The second-order valence-corrected chi connectivity index (χ2v) is 3.33. The highest BCUT2D eigenvalue weighted by atomic mass is 35.5. The van der Waals surface area contributed by atoms with Crippen molar-refractivity contribution in [1.82, 2.24) is 0 Å². The Labute approximate surface area is 79.8 Å².